The number of rotatable bonds is 4. The molecule has 1 saturated heterocycles. The van der Waals surface area contributed by atoms with Crippen molar-refractivity contribution in [2.75, 3.05) is 20.3 Å². The highest BCUT2D eigenvalue weighted by Crippen LogP contribution is 2.32. The van der Waals surface area contributed by atoms with Crippen LogP contribution in [0.4, 0.5) is 0 Å². The zero-order valence-corrected chi connectivity index (χ0v) is 11.7. The Morgan fingerprint density at radius 3 is 2.63 bits per heavy atom. The molecule has 1 aliphatic rings. The monoisotopic (exact) mass is 266 g/mol. The van der Waals surface area contributed by atoms with Gasteiger partial charge in [0.1, 0.15) is 5.75 Å². The SMILES string of the molecule is COc1ccc(C2OC[C@H](C)[C@@H]([C@@H](C)CO)O2)cc1. The Labute approximate surface area is 114 Å². The summed E-state index contributed by atoms with van der Waals surface area (Å²) >= 11 is 0. The summed E-state index contributed by atoms with van der Waals surface area (Å²) < 4.78 is 16.9. The van der Waals surface area contributed by atoms with Crippen LogP contribution in [0.25, 0.3) is 0 Å². The lowest BCUT2D eigenvalue weighted by atomic mass is 9.93. The lowest BCUT2D eigenvalue weighted by Gasteiger charge is -2.37. The normalized spacial score (nSPS) is 28.9. The average Bonchev–Trinajstić information content (AvgIpc) is 2.47. The molecule has 0 amide bonds. The van der Waals surface area contributed by atoms with Gasteiger partial charge in [-0.05, 0) is 12.1 Å². The molecule has 0 aliphatic carbocycles. The first-order valence-electron chi connectivity index (χ1n) is 6.67. The lowest BCUT2D eigenvalue weighted by molar-refractivity contribution is -0.251. The van der Waals surface area contributed by atoms with E-state index in [0.717, 1.165) is 11.3 Å². The highest BCUT2D eigenvalue weighted by molar-refractivity contribution is 5.28. The van der Waals surface area contributed by atoms with E-state index in [-0.39, 0.29) is 30.8 Å². The van der Waals surface area contributed by atoms with Crippen LogP contribution in [-0.4, -0.2) is 31.5 Å². The van der Waals surface area contributed by atoms with Gasteiger partial charge in [0, 0.05) is 24.0 Å². The van der Waals surface area contributed by atoms with Crippen LogP contribution in [0.1, 0.15) is 25.7 Å². The summed E-state index contributed by atoms with van der Waals surface area (Å²) in [5.41, 5.74) is 0.975. The van der Waals surface area contributed by atoms with Gasteiger partial charge < -0.3 is 19.3 Å². The van der Waals surface area contributed by atoms with Gasteiger partial charge in [-0.15, -0.1) is 0 Å². The number of ether oxygens (including phenoxy) is 3. The summed E-state index contributed by atoms with van der Waals surface area (Å²) in [6.07, 6.45) is -0.341. The summed E-state index contributed by atoms with van der Waals surface area (Å²) in [6, 6.07) is 7.68. The Morgan fingerprint density at radius 1 is 1.37 bits per heavy atom. The van der Waals surface area contributed by atoms with E-state index in [9.17, 15) is 5.11 Å². The van der Waals surface area contributed by atoms with Crippen molar-refractivity contribution in [2.45, 2.75) is 26.2 Å². The van der Waals surface area contributed by atoms with Gasteiger partial charge in [-0.3, -0.25) is 0 Å². The first-order chi connectivity index (χ1) is 9.15. The maximum Gasteiger partial charge on any atom is 0.184 e. The molecule has 0 bridgehead atoms. The quantitative estimate of drug-likeness (QED) is 0.909. The summed E-state index contributed by atoms with van der Waals surface area (Å²) in [4.78, 5) is 0. The third kappa shape index (κ3) is 3.26. The van der Waals surface area contributed by atoms with Crippen molar-refractivity contribution in [3.63, 3.8) is 0 Å². The molecule has 19 heavy (non-hydrogen) atoms. The van der Waals surface area contributed by atoms with E-state index in [1.54, 1.807) is 7.11 Å². The fourth-order valence-corrected chi connectivity index (χ4v) is 2.38. The molecule has 0 saturated carbocycles. The van der Waals surface area contributed by atoms with E-state index >= 15 is 0 Å². The maximum absolute atomic E-state index is 9.29. The van der Waals surface area contributed by atoms with Crippen LogP contribution in [0.5, 0.6) is 5.75 Å². The second kappa shape index (κ2) is 6.37. The van der Waals surface area contributed by atoms with Crippen LogP contribution in [-0.2, 0) is 9.47 Å². The number of aliphatic hydroxyl groups excluding tert-OH is 1. The highest BCUT2D eigenvalue weighted by atomic mass is 16.7. The third-order valence-corrected chi connectivity index (χ3v) is 3.59. The molecular weight excluding hydrogens is 244 g/mol. The second-order valence-corrected chi connectivity index (χ2v) is 5.18. The lowest BCUT2D eigenvalue weighted by Crippen LogP contribution is -2.40. The van der Waals surface area contributed by atoms with E-state index in [1.807, 2.05) is 31.2 Å². The Balaban J connectivity index is 2.08. The van der Waals surface area contributed by atoms with Crippen molar-refractivity contribution in [3.05, 3.63) is 29.8 Å². The molecule has 1 aliphatic heterocycles. The first kappa shape index (κ1) is 14.3. The number of benzene rings is 1. The molecule has 4 heteroatoms. The van der Waals surface area contributed by atoms with Crippen molar-refractivity contribution in [1.29, 1.82) is 0 Å². The van der Waals surface area contributed by atoms with Gasteiger partial charge in [-0.1, -0.05) is 26.0 Å². The molecular formula is C15H22O4. The Bertz CT molecular complexity index is 386. The zero-order chi connectivity index (χ0) is 13.8. The molecule has 1 aromatic rings. The Morgan fingerprint density at radius 2 is 2.05 bits per heavy atom. The van der Waals surface area contributed by atoms with E-state index in [4.69, 9.17) is 14.2 Å². The molecule has 0 radical (unpaired) electrons. The van der Waals surface area contributed by atoms with Gasteiger partial charge in [0.2, 0.25) is 0 Å². The third-order valence-electron chi connectivity index (χ3n) is 3.59. The standard InChI is InChI=1S/C15H22O4/c1-10(8-16)14-11(2)9-18-15(19-14)12-4-6-13(17-3)7-5-12/h4-7,10-11,14-16H,8-9H2,1-3H3/t10-,11-,14+,15?/m0/s1. The molecule has 0 aromatic heterocycles. The molecule has 1 fully saturated rings. The van der Waals surface area contributed by atoms with Crippen molar-refractivity contribution < 1.29 is 19.3 Å². The second-order valence-electron chi connectivity index (χ2n) is 5.18. The molecule has 0 spiro atoms. The first-order valence-corrected chi connectivity index (χ1v) is 6.67. The van der Waals surface area contributed by atoms with Crippen LogP contribution < -0.4 is 4.74 Å². The van der Waals surface area contributed by atoms with Crippen LogP contribution in [0.2, 0.25) is 0 Å². The van der Waals surface area contributed by atoms with Gasteiger partial charge in [-0.2, -0.15) is 0 Å². The Kier molecular flexibility index (Phi) is 4.80. The van der Waals surface area contributed by atoms with Gasteiger partial charge in [-0.25, -0.2) is 0 Å². The van der Waals surface area contributed by atoms with Gasteiger partial charge in [0.05, 0.1) is 19.8 Å². The van der Waals surface area contributed by atoms with Crippen molar-refractivity contribution in [3.8, 4) is 5.75 Å². The van der Waals surface area contributed by atoms with Crippen LogP contribution in [0, 0.1) is 11.8 Å². The average molecular weight is 266 g/mol. The molecule has 4 atom stereocenters. The zero-order valence-electron chi connectivity index (χ0n) is 11.7. The van der Waals surface area contributed by atoms with Gasteiger partial charge in [0.15, 0.2) is 6.29 Å². The molecule has 1 heterocycles. The minimum Gasteiger partial charge on any atom is -0.497 e. The minimum absolute atomic E-state index is 0.0193. The van der Waals surface area contributed by atoms with Crippen LogP contribution in [0.15, 0.2) is 24.3 Å². The largest absolute Gasteiger partial charge is 0.497 e. The molecule has 106 valence electrons. The van der Waals surface area contributed by atoms with Crippen molar-refractivity contribution >= 4 is 0 Å². The molecule has 1 N–H and O–H groups in total. The number of methoxy groups -OCH3 is 1. The minimum atomic E-state index is -0.360. The number of hydrogen-bond donors (Lipinski definition) is 1. The Hall–Kier alpha value is -1.10. The predicted molar refractivity (Wildman–Crippen MR) is 72.0 cm³/mol. The van der Waals surface area contributed by atoms with Crippen molar-refractivity contribution in [2.24, 2.45) is 11.8 Å². The summed E-state index contributed by atoms with van der Waals surface area (Å²) in [6.45, 7) is 4.86. The highest BCUT2D eigenvalue weighted by Gasteiger charge is 2.33. The molecule has 4 nitrogen and oxygen atoms in total. The van der Waals surface area contributed by atoms with Crippen LogP contribution >= 0.6 is 0 Å². The maximum atomic E-state index is 9.29. The molecule has 1 aromatic carbocycles. The van der Waals surface area contributed by atoms with E-state index < -0.39 is 0 Å². The van der Waals surface area contributed by atoms with Gasteiger partial charge >= 0.3 is 0 Å². The van der Waals surface area contributed by atoms with E-state index in [0.29, 0.717) is 6.61 Å². The van der Waals surface area contributed by atoms with E-state index in [1.165, 1.54) is 0 Å². The van der Waals surface area contributed by atoms with E-state index in [2.05, 4.69) is 6.92 Å². The summed E-state index contributed by atoms with van der Waals surface area (Å²) in [5, 5.41) is 9.29. The van der Waals surface area contributed by atoms with Crippen molar-refractivity contribution in [1.82, 2.24) is 0 Å². The van der Waals surface area contributed by atoms with Crippen LogP contribution in [0.3, 0.4) is 0 Å². The fraction of sp³-hybridized carbons (Fsp3) is 0.600. The smallest absolute Gasteiger partial charge is 0.184 e. The fourth-order valence-electron chi connectivity index (χ4n) is 2.38. The summed E-state index contributed by atoms with van der Waals surface area (Å²) in [5.74, 6) is 1.21. The summed E-state index contributed by atoms with van der Waals surface area (Å²) in [7, 11) is 1.64. The number of aliphatic hydroxyl groups is 1. The van der Waals surface area contributed by atoms with Gasteiger partial charge in [0.25, 0.3) is 0 Å². The molecule has 2 rings (SSSR count). The number of hydrogen-bond acceptors (Lipinski definition) is 4. The topological polar surface area (TPSA) is 47.9 Å². The molecule has 1 unspecified atom stereocenters. The predicted octanol–water partition coefficient (Wildman–Crippen LogP) is 2.37.